The third kappa shape index (κ3) is 8.11. The fraction of sp³-hybridized carbons (Fsp3) is 0.324. The number of anilines is 1. The van der Waals surface area contributed by atoms with E-state index in [1.165, 1.54) is 12.1 Å². The Bertz CT molecular complexity index is 1760. The van der Waals surface area contributed by atoms with E-state index in [1.807, 2.05) is 81.4 Å². The van der Waals surface area contributed by atoms with Gasteiger partial charge in [0, 0.05) is 30.8 Å². The summed E-state index contributed by atoms with van der Waals surface area (Å²) in [4.78, 5) is 19.5. The Labute approximate surface area is 274 Å². The zero-order chi connectivity index (χ0) is 33.6. The molecule has 0 atom stereocenters. The second-order valence-corrected chi connectivity index (χ2v) is 12.3. The van der Waals surface area contributed by atoms with Crippen LogP contribution in [0.1, 0.15) is 44.7 Å². The molecule has 1 saturated heterocycles. The van der Waals surface area contributed by atoms with Crippen molar-refractivity contribution in [1.82, 2.24) is 10.3 Å². The Kier molecular flexibility index (Phi) is 10.1. The van der Waals surface area contributed by atoms with Gasteiger partial charge in [0.25, 0.3) is 0 Å². The van der Waals surface area contributed by atoms with Crippen LogP contribution in [0, 0.1) is 17.1 Å². The first kappa shape index (κ1) is 33.1. The Morgan fingerprint density at radius 1 is 0.957 bits per heavy atom. The molecule has 9 nitrogen and oxygen atoms in total. The summed E-state index contributed by atoms with van der Waals surface area (Å²) in [6.07, 6.45) is 0.940. The molecular formula is C37H39FN4O5. The summed E-state index contributed by atoms with van der Waals surface area (Å²) >= 11 is 0. The van der Waals surface area contributed by atoms with Crippen LogP contribution in [0.4, 0.5) is 15.0 Å². The number of alkyl carbamates (subject to hydrolysis) is 1. The van der Waals surface area contributed by atoms with Crippen LogP contribution >= 0.6 is 0 Å². The fourth-order valence-electron chi connectivity index (χ4n) is 5.48. The van der Waals surface area contributed by atoms with Crippen molar-refractivity contribution in [2.24, 2.45) is 0 Å². The van der Waals surface area contributed by atoms with E-state index in [-0.39, 0.29) is 11.6 Å². The molecule has 1 fully saturated rings. The van der Waals surface area contributed by atoms with E-state index in [4.69, 9.17) is 23.9 Å². The molecule has 244 valence electrons. The summed E-state index contributed by atoms with van der Waals surface area (Å²) in [7, 11) is 3.16. The van der Waals surface area contributed by atoms with Crippen LogP contribution in [0.3, 0.4) is 0 Å². The maximum absolute atomic E-state index is 15.0. The lowest BCUT2D eigenvalue weighted by atomic mass is 9.96. The maximum atomic E-state index is 15.0. The number of carbonyl (C=O) groups is 1. The molecule has 1 aromatic heterocycles. The number of aromatic nitrogens is 1. The number of nitriles is 1. The lowest BCUT2D eigenvalue weighted by molar-refractivity contribution is 0.0497. The van der Waals surface area contributed by atoms with Gasteiger partial charge in [0.2, 0.25) is 0 Å². The average molecular weight is 639 g/mol. The van der Waals surface area contributed by atoms with Gasteiger partial charge in [0.1, 0.15) is 35.7 Å². The highest BCUT2D eigenvalue weighted by atomic mass is 19.1. The van der Waals surface area contributed by atoms with E-state index in [2.05, 4.69) is 10.2 Å². The quantitative estimate of drug-likeness (QED) is 0.201. The van der Waals surface area contributed by atoms with Crippen molar-refractivity contribution in [3.63, 3.8) is 0 Å². The van der Waals surface area contributed by atoms with Gasteiger partial charge in [-0.1, -0.05) is 42.5 Å². The van der Waals surface area contributed by atoms with E-state index >= 15 is 4.39 Å². The molecule has 1 aliphatic heterocycles. The standard InChI is InChI=1S/C37H39FN4O5/c1-37(2,3)47-36(43)40-28-15-17-42(18-16-28)33-21-32(45-5)34(35(41-33)26-11-12-27(22-39)29(38)19-26)25-13-14-30(44-4)31(20-25)46-23-24-9-7-6-8-10-24/h6-14,19-21,28H,15-18,23H2,1-5H3,(H,40,43). The first-order chi connectivity index (χ1) is 22.6. The van der Waals surface area contributed by atoms with Crippen LogP contribution in [0.15, 0.2) is 72.8 Å². The van der Waals surface area contributed by atoms with Gasteiger partial charge in [-0.15, -0.1) is 0 Å². The number of nitrogens with one attached hydrogen (secondary N) is 1. The monoisotopic (exact) mass is 638 g/mol. The van der Waals surface area contributed by atoms with E-state index in [1.54, 1.807) is 20.3 Å². The van der Waals surface area contributed by atoms with Crippen molar-refractivity contribution < 1.29 is 28.1 Å². The highest BCUT2D eigenvalue weighted by molar-refractivity contribution is 5.88. The molecule has 1 aliphatic rings. The number of carbonyl (C=O) groups excluding carboxylic acids is 1. The summed E-state index contributed by atoms with van der Waals surface area (Å²) < 4.78 is 38.2. The van der Waals surface area contributed by atoms with Crippen molar-refractivity contribution in [1.29, 1.82) is 5.26 Å². The van der Waals surface area contributed by atoms with E-state index in [0.717, 1.165) is 11.1 Å². The summed E-state index contributed by atoms with van der Waals surface area (Å²) in [6.45, 7) is 7.08. The minimum atomic E-state index is -0.641. The molecule has 1 amide bonds. The van der Waals surface area contributed by atoms with Gasteiger partial charge in [-0.25, -0.2) is 14.2 Å². The van der Waals surface area contributed by atoms with Crippen LogP contribution in [-0.2, 0) is 11.3 Å². The number of hydrogen-bond acceptors (Lipinski definition) is 8. The van der Waals surface area contributed by atoms with Gasteiger partial charge >= 0.3 is 6.09 Å². The Morgan fingerprint density at radius 2 is 1.66 bits per heavy atom. The van der Waals surface area contributed by atoms with Gasteiger partial charge in [-0.2, -0.15) is 5.26 Å². The first-order valence-electron chi connectivity index (χ1n) is 15.5. The number of halogens is 1. The van der Waals surface area contributed by atoms with Crippen LogP contribution in [0.5, 0.6) is 17.2 Å². The molecule has 0 aliphatic carbocycles. The van der Waals surface area contributed by atoms with Crippen LogP contribution in [0.2, 0.25) is 0 Å². The van der Waals surface area contributed by atoms with Gasteiger partial charge in [-0.05, 0) is 69.0 Å². The van der Waals surface area contributed by atoms with Crippen LogP contribution < -0.4 is 24.4 Å². The molecule has 5 rings (SSSR count). The fourth-order valence-corrected chi connectivity index (χ4v) is 5.48. The summed E-state index contributed by atoms with van der Waals surface area (Å²) in [6, 6.07) is 23.5. The van der Waals surface area contributed by atoms with Gasteiger partial charge in [-0.3, -0.25) is 0 Å². The van der Waals surface area contributed by atoms with Crippen molar-refractivity contribution in [3.8, 4) is 45.7 Å². The number of amides is 1. The van der Waals surface area contributed by atoms with Crippen LogP contribution in [-0.4, -0.2) is 50.0 Å². The number of nitrogens with zero attached hydrogens (tertiary/aromatic N) is 3. The van der Waals surface area contributed by atoms with E-state index in [9.17, 15) is 10.1 Å². The Balaban J connectivity index is 1.51. The number of ether oxygens (including phenoxy) is 4. The largest absolute Gasteiger partial charge is 0.496 e. The Morgan fingerprint density at radius 3 is 2.30 bits per heavy atom. The zero-order valence-corrected chi connectivity index (χ0v) is 27.3. The molecule has 0 bridgehead atoms. The molecule has 0 spiro atoms. The lowest BCUT2D eigenvalue weighted by Crippen LogP contribution is -2.46. The smallest absolute Gasteiger partial charge is 0.407 e. The summed E-state index contributed by atoms with van der Waals surface area (Å²) in [5, 5.41) is 12.3. The third-order valence-corrected chi connectivity index (χ3v) is 7.78. The molecular weight excluding hydrogens is 599 g/mol. The molecule has 2 heterocycles. The Hall–Kier alpha value is -5.30. The molecule has 0 saturated carbocycles. The summed E-state index contributed by atoms with van der Waals surface area (Å²) in [5.41, 5.74) is 2.70. The zero-order valence-electron chi connectivity index (χ0n) is 27.3. The summed E-state index contributed by atoms with van der Waals surface area (Å²) in [5.74, 6) is 1.62. The minimum absolute atomic E-state index is 0.0389. The number of benzene rings is 3. The van der Waals surface area contributed by atoms with Crippen LogP contribution in [0.25, 0.3) is 22.4 Å². The first-order valence-corrected chi connectivity index (χ1v) is 15.5. The highest BCUT2D eigenvalue weighted by Crippen LogP contribution is 2.43. The number of rotatable bonds is 9. The number of methoxy groups -OCH3 is 2. The topological polar surface area (TPSA) is 106 Å². The number of piperidine rings is 1. The second kappa shape index (κ2) is 14.4. The average Bonchev–Trinajstić information content (AvgIpc) is 3.06. The van der Waals surface area contributed by atoms with Gasteiger partial charge < -0.3 is 29.2 Å². The van der Waals surface area contributed by atoms with Crippen molar-refractivity contribution >= 4 is 11.9 Å². The van der Waals surface area contributed by atoms with Crippen molar-refractivity contribution in [2.75, 3.05) is 32.2 Å². The molecule has 1 N–H and O–H groups in total. The van der Waals surface area contributed by atoms with Gasteiger partial charge in [0.05, 0.1) is 31.0 Å². The SMILES string of the molecule is COc1ccc(-c2c(OC)cc(N3CCC(NC(=O)OC(C)(C)C)CC3)nc2-c2ccc(C#N)c(F)c2)cc1OCc1ccccc1. The van der Waals surface area contributed by atoms with Gasteiger partial charge in [0.15, 0.2) is 11.5 Å². The molecule has 0 radical (unpaired) electrons. The lowest BCUT2D eigenvalue weighted by Gasteiger charge is -2.34. The maximum Gasteiger partial charge on any atom is 0.407 e. The van der Waals surface area contributed by atoms with E-state index in [0.29, 0.717) is 72.4 Å². The number of hydrogen-bond donors (Lipinski definition) is 1. The minimum Gasteiger partial charge on any atom is -0.496 e. The molecule has 4 aromatic rings. The molecule has 0 unspecified atom stereocenters. The molecule has 3 aromatic carbocycles. The predicted molar refractivity (Wildman–Crippen MR) is 178 cm³/mol. The molecule has 47 heavy (non-hydrogen) atoms. The van der Waals surface area contributed by atoms with Crippen molar-refractivity contribution in [2.45, 2.75) is 51.9 Å². The highest BCUT2D eigenvalue weighted by Gasteiger charge is 2.27. The third-order valence-electron chi connectivity index (χ3n) is 7.78. The molecule has 10 heteroatoms. The van der Waals surface area contributed by atoms with Crippen molar-refractivity contribution in [3.05, 3.63) is 89.7 Å². The normalized spacial score (nSPS) is 13.4. The number of pyridine rings is 1. The second-order valence-electron chi connectivity index (χ2n) is 12.3. The predicted octanol–water partition coefficient (Wildman–Crippen LogP) is 7.52. The van der Waals surface area contributed by atoms with E-state index < -0.39 is 17.5 Å².